The number of hydrogen-bond acceptors (Lipinski definition) is 3. The first kappa shape index (κ1) is 15.3. The van der Waals surface area contributed by atoms with Gasteiger partial charge in [-0.1, -0.05) is 18.2 Å². The molecule has 1 atom stereocenters. The van der Waals surface area contributed by atoms with Gasteiger partial charge in [0.25, 0.3) is 0 Å². The molecule has 1 aliphatic heterocycles. The molecule has 1 unspecified atom stereocenters. The number of para-hydroxylation sites is 1. The van der Waals surface area contributed by atoms with Crippen molar-refractivity contribution < 1.29 is 8.42 Å². The highest BCUT2D eigenvalue weighted by Crippen LogP contribution is 2.23. The fourth-order valence-electron chi connectivity index (χ4n) is 2.64. The molecule has 0 aliphatic carbocycles. The summed E-state index contributed by atoms with van der Waals surface area (Å²) in [5, 5.41) is 3.14. The molecule has 0 amide bonds. The number of rotatable bonds is 5. The van der Waals surface area contributed by atoms with Crippen LogP contribution in [-0.2, 0) is 10.2 Å². The van der Waals surface area contributed by atoms with Gasteiger partial charge in [-0.25, -0.2) is 0 Å². The van der Waals surface area contributed by atoms with Gasteiger partial charge in [0.1, 0.15) is 0 Å². The lowest BCUT2D eigenvalue weighted by Crippen LogP contribution is -2.48. The van der Waals surface area contributed by atoms with Gasteiger partial charge in [0.15, 0.2) is 0 Å². The molecule has 0 aromatic heterocycles. The molecule has 0 saturated carbocycles. The molecule has 112 valence electrons. The van der Waals surface area contributed by atoms with Gasteiger partial charge in [-0.2, -0.15) is 12.7 Å². The Morgan fingerprint density at radius 2 is 2.05 bits per heavy atom. The molecule has 1 aliphatic rings. The van der Waals surface area contributed by atoms with Crippen LogP contribution >= 0.6 is 0 Å². The Labute approximate surface area is 121 Å². The zero-order valence-electron chi connectivity index (χ0n) is 12.1. The van der Waals surface area contributed by atoms with Crippen molar-refractivity contribution in [1.82, 2.24) is 9.62 Å². The third kappa shape index (κ3) is 3.31. The molecule has 1 heterocycles. The summed E-state index contributed by atoms with van der Waals surface area (Å²) < 4.78 is 28.3. The summed E-state index contributed by atoms with van der Waals surface area (Å²) in [5.41, 5.74) is 0.697. The summed E-state index contributed by atoms with van der Waals surface area (Å²) in [6.45, 7) is 2.07. The highest BCUT2D eigenvalue weighted by molar-refractivity contribution is 7.90. The van der Waals surface area contributed by atoms with E-state index >= 15 is 0 Å². The zero-order chi connectivity index (χ0) is 14.6. The van der Waals surface area contributed by atoms with E-state index in [0.29, 0.717) is 24.7 Å². The molecule has 1 aromatic rings. The first-order valence-corrected chi connectivity index (χ1v) is 8.39. The minimum atomic E-state index is -3.43. The van der Waals surface area contributed by atoms with Crippen molar-refractivity contribution in [2.45, 2.75) is 12.8 Å². The third-order valence-corrected chi connectivity index (χ3v) is 5.65. The van der Waals surface area contributed by atoms with Gasteiger partial charge in [-0.3, -0.25) is 4.31 Å². The molecule has 0 spiro atoms. The quantitative estimate of drug-likeness (QED) is 0.891. The van der Waals surface area contributed by atoms with Crippen molar-refractivity contribution in [3.63, 3.8) is 0 Å². The molecule has 1 aromatic carbocycles. The van der Waals surface area contributed by atoms with Crippen molar-refractivity contribution >= 4 is 15.9 Å². The molecule has 2 rings (SSSR count). The molecule has 6 heteroatoms. The molecule has 5 nitrogen and oxygen atoms in total. The van der Waals surface area contributed by atoms with Crippen molar-refractivity contribution in [3.8, 4) is 0 Å². The van der Waals surface area contributed by atoms with Gasteiger partial charge in [-0.15, -0.1) is 0 Å². The van der Waals surface area contributed by atoms with Crippen molar-refractivity contribution in [3.05, 3.63) is 30.3 Å². The average Bonchev–Trinajstić information content (AvgIpc) is 2.48. The van der Waals surface area contributed by atoms with E-state index < -0.39 is 10.2 Å². The molecule has 0 bridgehead atoms. The van der Waals surface area contributed by atoms with Crippen LogP contribution in [0.1, 0.15) is 12.8 Å². The molecule has 1 N–H and O–H groups in total. The first-order valence-electron chi connectivity index (χ1n) is 6.99. The Morgan fingerprint density at radius 1 is 1.35 bits per heavy atom. The third-order valence-electron chi connectivity index (χ3n) is 3.77. The van der Waals surface area contributed by atoms with Gasteiger partial charge < -0.3 is 5.32 Å². The van der Waals surface area contributed by atoms with Gasteiger partial charge >= 0.3 is 10.2 Å². The Bertz CT molecular complexity index is 516. The number of nitrogens with zero attached hydrogens (tertiary/aromatic N) is 2. The van der Waals surface area contributed by atoms with E-state index in [0.717, 1.165) is 19.4 Å². The largest absolute Gasteiger partial charge is 0.319 e. The van der Waals surface area contributed by atoms with Crippen LogP contribution in [0.3, 0.4) is 0 Å². The van der Waals surface area contributed by atoms with Crippen molar-refractivity contribution in [1.29, 1.82) is 0 Å². The predicted molar refractivity (Wildman–Crippen MR) is 82.0 cm³/mol. The maximum absolute atomic E-state index is 12.7. The fraction of sp³-hybridized carbons (Fsp3) is 0.571. The van der Waals surface area contributed by atoms with Crippen LogP contribution < -0.4 is 9.62 Å². The summed E-state index contributed by atoms with van der Waals surface area (Å²) in [4.78, 5) is 0. The highest BCUT2D eigenvalue weighted by Gasteiger charge is 2.31. The van der Waals surface area contributed by atoms with E-state index in [4.69, 9.17) is 0 Å². The molecular weight excluding hydrogens is 274 g/mol. The van der Waals surface area contributed by atoms with Crippen LogP contribution in [-0.4, -0.2) is 46.5 Å². The second-order valence-electron chi connectivity index (χ2n) is 5.23. The van der Waals surface area contributed by atoms with Crippen LogP contribution in [0.5, 0.6) is 0 Å². The maximum atomic E-state index is 12.7. The van der Waals surface area contributed by atoms with Crippen LogP contribution in [0.25, 0.3) is 0 Å². The van der Waals surface area contributed by atoms with Crippen LogP contribution in [0, 0.1) is 5.92 Å². The van der Waals surface area contributed by atoms with Crippen molar-refractivity contribution in [2.75, 3.05) is 38.0 Å². The highest BCUT2D eigenvalue weighted by atomic mass is 32.2. The summed E-state index contributed by atoms with van der Waals surface area (Å²) in [6, 6.07) is 9.20. The molecule has 1 fully saturated rings. The molecule has 1 saturated heterocycles. The summed E-state index contributed by atoms with van der Waals surface area (Å²) >= 11 is 0. The molecule has 0 radical (unpaired) electrons. The van der Waals surface area contributed by atoms with Crippen molar-refractivity contribution in [2.24, 2.45) is 5.92 Å². The summed E-state index contributed by atoms with van der Waals surface area (Å²) in [6.07, 6.45) is 2.01. The van der Waals surface area contributed by atoms with E-state index in [1.54, 1.807) is 11.4 Å². The SMILES string of the molecule is CNCC1CCCN(S(=O)(=O)N(C)c2ccccc2)C1. The lowest BCUT2D eigenvalue weighted by molar-refractivity contribution is 0.263. The number of benzene rings is 1. The Hall–Kier alpha value is -1.11. The average molecular weight is 297 g/mol. The second kappa shape index (κ2) is 6.56. The number of anilines is 1. The van der Waals surface area contributed by atoms with Gasteiger partial charge in [0, 0.05) is 20.1 Å². The van der Waals surface area contributed by atoms with Crippen LogP contribution in [0.4, 0.5) is 5.69 Å². The number of piperidine rings is 1. The minimum Gasteiger partial charge on any atom is -0.319 e. The van der Waals surface area contributed by atoms with Gasteiger partial charge in [0.05, 0.1) is 5.69 Å². The van der Waals surface area contributed by atoms with Crippen LogP contribution in [0.2, 0.25) is 0 Å². The number of nitrogens with one attached hydrogen (secondary N) is 1. The monoisotopic (exact) mass is 297 g/mol. The Kier molecular flexibility index (Phi) is 5.01. The molecule has 20 heavy (non-hydrogen) atoms. The topological polar surface area (TPSA) is 52.7 Å². The van der Waals surface area contributed by atoms with Crippen LogP contribution in [0.15, 0.2) is 30.3 Å². The minimum absolute atomic E-state index is 0.396. The summed E-state index contributed by atoms with van der Waals surface area (Å²) in [5.74, 6) is 0.396. The molecular formula is C14H23N3O2S. The number of hydrogen-bond donors (Lipinski definition) is 1. The Balaban J connectivity index is 2.13. The lowest BCUT2D eigenvalue weighted by atomic mass is 10.00. The lowest BCUT2D eigenvalue weighted by Gasteiger charge is -2.34. The smallest absolute Gasteiger partial charge is 0.303 e. The van der Waals surface area contributed by atoms with E-state index in [1.165, 1.54) is 4.31 Å². The standard InChI is InChI=1S/C14H23N3O2S/c1-15-11-13-7-6-10-17(12-13)20(18,19)16(2)14-8-4-3-5-9-14/h3-5,8-9,13,15H,6-7,10-12H2,1-2H3. The normalized spacial score (nSPS) is 20.8. The fourth-order valence-corrected chi connectivity index (χ4v) is 4.13. The van der Waals surface area contributed by atoms with Gasteiger partial charge in [-0.05, 0) is 44.5 Å². The predicted octanol–water partition coefficient (Wildman–Crippen LogP) is 1.30. The van der Waals surface area contributed by atoms with E-state index in [9.17, 15) is 8.42 Å². The zero-order valence-corrected chi connectivity index (χ0v) is 12.9. The maximum Gasteiger partial charge on any atom is 0.303 e. The Morgan fingerprint density at radius 3 is 2.70 bits per heavy atom. The van der Waals surface area contributed by atoms with Gasteiger partial charge in [0.2, 0.25) is 0 Å². The van der Waals surface area contributed by atoms with E-state index in [2.05, 4.69) is 5.32 Å². The summed E-state index contributed by atoms with van der Waals surface area (Å²) in [7, 11) is 0.0963. The second-order valence-corrected chi connectivity index (χ2v) is 7.19. The van der Waals surface area contributed by atoms with E-state index in [1.807, 2.05) is 37.4 Å². The van der Waals surface area contributed by atoms with E-state index in [-0.39, 0.29) is 0 Å². The first-order chi connectivity index (χ1) is 9.55.